The number of nitrogens with zero attached hydrogens (tertiary/aromatic N) is 1. The molecule has 0 radical (unpaired) electrons. The summed E-state index contributed by atoms with van der Waals surface area (Å²) >= 11 is 0. The van der Waals surface area contributed by atoms with Gasteiger partial charge < -0.3 is 9.47 Å². The highest BCUT2D eigenvalue weighted by molar-refractivity contribution is 7.92. The Bertz CT molecular complexity index is 937. The molecule has 0 fully saturated rings. The van der Waals surface area contributed by atoms with Crippen LogP contribution in [0.15, 0.2) is 41.3 Å². The van der Waals surface area contributed by atoms with Crippen molar-refractivity contribution in [2.24, 2.45) is 0 Å². The van der Waals surface area contributed by atoms with Crippen LogP contribution < -0.4 is 9.04 Å². The average molecular weight is 391 g/mol. The number of methoxy groups -OCH3 is 1. The molecule has 146 valence electrons. The van der Waals surface area contributed by atoms with Crippen LogP contribution in [-0.4, -0.2) is 34.6 Å². The standard InChI is InChI=1S/C20H25NO5S/c1-6-26-20(22)13-21(18-11-14(2)7-8-15(18)3)27(23,24)17-9-10-19(25-5)16(4)12-17/h7-12H,6,13H2,1-5H3. The second-order valence-electron chi connectivity index (χ2n) is 6.24. The molecule has 0 saturated carbocycles. The number of hydrogen-bond donors (Lipinski definition) is 0. The van der Waals surface area contributed by atoms with Crippen LogP contribution in [0.25, 0.3) is 0 Å². The van der Waals surface area contributed by atoms with Crippen LogP contribution in [0.3, 0.4) is 0 Å². The first-order chi connectivity index (χ1) is 12.7. The molecule has 6 nitrogen and oxygen atoms in total. The van der Waals surface area contributed by atoms with Crippen LogP contribution in [0.5, 0.6) is 5.75 Å². The molecule has 0 spiro atoms. The van der Waals surface area contributed by atoms with Crippen LogP contribution in [0, 0.1) is 20.8 Å². The fourth-order valence-corrected chi connectivity index (χ4v) is 4.30. The molecule has 0 N–H and O–H groups in total. The molecule has 0 saturated heterocycles. The van der Waals surface area contributed by atoms with Crippen LogP contribution >= 0.6 is 0 Å². The van der Waals surface area contributed by atoms with Gasteiger partial charge in [0.1, 0.15) is 12.3 Å². The molecule has 0 aliphatic rings. The van der Waals surface area contributed by atoms with Gasteiger partial charge in [0.15, 0.2) is 0 Å². The Morgan fingerprint density at radius 3 is 2.33 bits per heavy atom. The van der Waals surface area contributed by atoms with Gasteiger partial charge in [0.05, 0.1) is 24.3 Å². The third-order valence-corrected chi connectivity index (χ3v) is 5.92. The molecule has 0 aliphatic heterocycles. The monoisotopic (exact) mass is 391 g/mol. The minimum atomic E-state index is -3.98. The van der Waals surface area contributed by atoms with Crippen molar-refractivity contribution in [3.8, 4) is 5.75 Å². The number of rotatable bonds is 7. The number of hydrogen-bond acceptors (Lipinski definition) is 5. The number of carbonyl (C=O) groups excluding carboxylic acids is 1. The smallest absolute Gasteiger partial charge is 0.326 e. The zero-order valence-corrected chi connectivity index (χ0v) is 17.1. The van der Waals surface area contributed by atoms with E-state index in [0.29, 0.717) is 17.0 Å². The molecule has 0 unspecified atom stereocenters. The zero-order valence-electron chi connectivity index (χ0n) is 16.3. The van der Waals surface area contributed by atoms with Gasteiger partial charge in [-0.05, 0) is 68.7 Å². The van der Waals surface area contributed by atoms with E-state index in [1.165, 1.54) is 19.2 Å². The van der Waals surface area contributed by atoms with Crippen molar-refractivity contribution >= 4 is 21.7 Å². The first-order valence-corrected chi connectivity index (χ1v) is 10.0. The lowest BCUT2D eigenvalue weighted by Crippen LogP contribution is -2.37. The summed E-state index contributed by atoms with van der Waals surface area (Å²) in [5.41, 5.74) is 2.79. The summed E-state index contributed by atoms with van der Waals surface area (Å²) in [6.45, 7) is 6.91. The maximum absolute atomic E-state index is 13.4. The molecule has 0 bridgehead atoms. The lowest BCUT2D eigenvalue weighted by Gasteiger charge is -2.26. The van der Waals surface area contributed by atoms with E-state index >= 15 is 0 Å². The number of aryl methyl sites for hydroxylation is 3. The molecule has 2 aromatic rings. The van der Waals surface area contributed by atoms with E-state index in [1.807, 2.05) is 26.0 Å². The summed E-state index contributed by atoms with van der Waals surface area (Å²) < 4.78 is 38.0. The van der Waals surface area contributed by atoms with Gasteiger partial charge in [0.25, 0.3) is 10.0 Å². The van der Waals surface area contributed by atoms with E-state index < -0.39 is 22.5 Å². The Morgan fingerprint density at radius 2 is 1.74 bits per heavy atom. The van der Waals surface area contributed by atoms with E-state index in [0.717, 1.165) is 15.4 Å². The Labute approximate surface area is 160 Å². The number of benzene rings is 2. The minimum Gasteiger partial charge on any atom is -0.496 e. The van der Waals surface area contributed by atoms with E-state index in [2.05, 4.69) is 0 Å². The predicted molar refractivity (Wildman–Crippen MR) is 105 cm³/mol. The SMILES string of the molecule is CCOC(=O)CN(c1cc(C)ccc1C)S(=O)(=O)c1ccc(OC)c(C)c1. The van der Waals surface area contributed by atoms with Crippen molar-refractivity contribution in [1.29, 1.82) is 0 Å². The van der Waals surface area contributed by atoms with E-state index in [1.54, 1.807) is 26.0 Å². The Morgan fingerprint density at radius 1 is 1.04 bits per heavy atom. The summed E-state index contributed by atoms with van der Waals surface area (Å²) in [6, 6.07) is 10.1. The summed E-state index contributed by atoms with van der Waals surface area (Å²) in [5.74, 6) is -0.00940. The van der Waals surface area contributed by atoms with Crippen molar-refractivity contribution in [3.63, 3.8) is 0 Å². The van der Waals surface area contributed by atoms with Crippen LogP contribution in [0.4, 0.5) is 5.69 Å². The van der Waals surface area contributed by atoms with Crippen molar-refractivity contribution < 1.29 is 22.7 Å². The quantitative estimate of drug-likeness (QED) is 0.677. The largest absolute Gasteiger partial charge is 0.496 e. The number of esters is 1. The molecule has 0 amide bonds. The molecular weight excluding hydrogens is 366 g/mol. The first-order valence-electron chi connectivity index (χ1n) is 8.61. The molecule has 2 aromatic carbocycles. The van der Waals surface area contributed by atoms with Gasteiger partial charge in [-0.2, -0.15) is 0 Å². The molecular formula is C20H25NO5S. The van der Waals surface area contributed by atoms with Gasteiger partial charge in [-0.3, -0.25) is 9.10 Å². The molecule has 0 heterocycles. The second-order valence-corrected chi connectivity index (χ2v) is 8.10. The first kappa shape index (κ1) is 20.8. The lowest BCUT2D eigenvalue weighted by molar-refractivity contribution is -0.141. The van der Waals surface area contributed by atoms with E-state index in [-0.39, 0.29) is 11.5 Å². The van der Waals surface area contributed by atoms with Gasteiger partial charge in [0.2, 0.25) is 0 Å². The van der Waals surface area contributed by atoms with E-state index in [4.69, 9.17) is 9.47 Å². The fraction of sp³-hybridized carbons (Fsp3) is 0.350. The third-order valence-electron chi connectivity index (χ3n) is 4.17. The molecule has 0 atom stereocenters. The normalized spacial score (nSPS) is 11.1. The van der Waals surface area contributed by atoms with Crippen molar-refractivity contribution in [2.75, 3.05) is 24.6 Å². The van der Waals surface area contributed by atoms with Gasteiger partial charge in [0, 0.05) is 0 Å². The third kappa shape index (κ3) is 4.60. The maximum atomic E-state index is 13.4. The zero-order chi connectivity index (χ0) is 20.2. The second kappa shape index (κ2) is 8.43. The summed E-state index contributed by atoms with van der Waals surface area (Å²) in [5, 5.41) is 0. The summed E-state index contributed by atoms with van der Waals surface area (Å²) in [4.78, 5) is 12.2. The highest BCUT2D eigenvalue weighted by Gasteiger charge is 2.29. The molecule has 2 rings (SSSR count). The topological polar surface area (TPSA) is 72.9 Å². The minimum absolute atomic E-state index is 0.0889. The highest BCUT2D eigenvalue weighted by Crippen LogP contribution is 2.30. The number of carbonyl (C=O) groups is 1. The van der Waals surface area contributed by atoms with Crippen molar-refractivity contribution in [1.82, 2.24) is 0 Å². The summed E-state index contributed by atoms with van der Waals surface area (Å²) in [6.07, 6.45) is 0. The van der Waals surface area contributed by atoms with Gasteiger partial charge in [-0.25, -0.2) is 8.42 Å². The van der Waals surface area contributed by atoms with Gasteiger partial charge in [-0.1, -0.05) is 12.1 Å². The summed E-state index contributed by atoms with van der Waals surface area (Å²) in [7, 11) is -2.45. The molecule has 0 aliphatic carbocycles. The van der Waals surface area contributed by atoms with Gasteiger partial charge >= 0.3 is 5.97 Å². The van der Waals surface area contributed by atoms with Crippen LogP contribution in [0.1, 0.15) is 23.6 Å². The van der Waals surface area contributed by atoms with Crippen LogP contribution in [-0.2, 0) is 19.6 Å². The van der Waals surface area contributed by atoms with Crippen LogP contribution in [0.2, 0.25) is 0 Å². The number of anilines is 1. The lowest BCUT2D eigenvalue weighted by atomic mass is 10.1. The maximum Gasteiger partial charge on any atom is 0.326 e. The number of sulfonamides is 1. The van der Waals surface area contributed by atoms with Gasteiger partial charge in [-0.15, -0.1) is 0 Å². The van der Waals surface area contributed by atoms with Crippen molar-refractivity contribution in [3.05, 3.63) is 53.1 Å². The molecule has 7 heteroatoms. The average Bonchev–Trinajstić information content (AvgIpc) is 2.62. The molecule has 27 heavy (non-hydrogen) atoms. The number of ether oxygens (including phenoxy) is 2. The Hall–Kier alpha value is -2.54. The Kier molecular flexibility index (Phi) is 6.49. The predicted octanol–water partition coefficient (Wildman–Crippen LogP) is 3.38. The Balaban J connectivity index is 2.59. The van der Waals surface area contributed by atoms with E-state index in [9.17, 15) is 13.2 Å². The molecule has 0 aromatic heterocycles. The highest BCUT2D eigenvalue weighted by atomic mass is 32.2. The van der Waals surface area contributed by atoms with Crippen molar-refractivity contribution in [2.45, 2.75) is 32.6 Å². The fourth-order valence-electron chi connectivity index (χ4n) is 2.75.